The zero-order chi connectivity index (χ0) is 20.5. The summed E-state index contributed by atoms with van der Waals surface area (Å²) in [6.45, 7) is 4.88. The molecule has 9 heteroatoms. The SMILES string of the molecule is C=C1C2=NC(C3C=NC(OC)C(OC)C3)CCC2C(=O)N1C1C=NN(CC#N)C1. The lowest BCUT2D eigenvalue weighted by molar-refractivity contribution is -0.130. The summed E-state index contributed by atoms with van der Waals surface area (Å²) < 4.78 is 10.9. The summed E-state index contributed by atoms with van der Waals surface area (Å²) in [6.07, 6.45) is 5.63. The average molecular weight is 398 g/mol. The van der Waals surface area contributed by atoms with Crippen molar-refractivity contribution in [3.05, 3.63) is 12.3 Å². The Hall–Kier alpha value is -2.57. The van der Waals surface area contributed by atoms with Crippen LogP contribution in [0.3, 0.4) is 0 Å². The third-order valence-corrected chi connectivity index (χ3v) is 6.18. The van der Waals surface area contributed by atoms with E-state index in [1.54, 1.807) is 30.3 Å². The number of fused-ring (bicyclic) bond motifs is 1. The number of nitriles is 1. The second-order valence-electron chi connectivity index (χ2n) is 7.80. The predicted octanol–water partition coefficient (Wildman–Crippen LogP) is 0.834. The first-order chi connectivity index (χ1) is 14.1. The van der Waals surface area contributed by atoms with Crippen LogP contribution in [0.4, 0.5) is 0 Å². The molecular formula is C20H26N6O3. The molecule has 6 unspecified atom stereocenters. The molecule has 0 aliphatic carbocycles. The number of methoxy groups -OCH3 is 2. The van der Waals surface area contributed by atoms with Gasteiger partial charge in [-0.1, -0.05) is 6.58 Å². The Kier molecular flexibility index (Phi) is 5.48. The van der Waals surface area contributed by atoms with Crippen LogP contribution in [0.25, 0.3) is 0 Å². The second kappa shape index (κ2) is 8.05. The third-order valence-electron chi connectivity index (χ3n) is 6.18. The van der Waals surface area contributed by atoms with E-state index in [9.17, 15) is 4.79 Å². The summed E-state index contributed by atoms with van der Waals surface area (Å²) in [5.74, 6) is -0.0486. The molecule has 6 atom stereocenters. The highest BCUT2D eigenvalue weighted by molar-refractivity contribution is 6.20. The molecule has 0 saturated carbocycles. The zero-order valence-electron chi connectivity index (χ0n) is 16.8. The second-order valence-corrected chi connectivity index (χ2v) is 7.80. The number of carbonyl (C=O) groups excluding carboxylic acids is 1. The number of rotatable bonds is 5. The van der Waals surface area contributed by atoms with E-state index in [1.807, 2.05) is 6.21 Å². The van der Waals surface area contributed by atoms with Gasteiger partial charge in [0.2, 0.25) is 5.91 Å². The van der Waals surface area contributed by atoms with E-state index < -0.39 is 0 Å². The van der Waals surface area contributed by atoms with Gasteiger partial charge < -0.3 is 14.4 Å². The van der Waals surface area contributed by atoms with Gasteiger partial charge in [0.1, 0.15) is 12.6 Å². The van der Waals surface area contributed by atoms with Gasteiger partial charge >= 0.3 is 0 Å². The highest BCUT2D eigenvalue weighted by Gasteiger charge is 2.47. The predicted molar refractivity (Wildman–Crippen MR) is 108 cm³/mol. The first kappa shape index (κ1) is 19.7. The molecule has 0 bridgehead atoms. The monoisotopic (exact) mass is 398 g/mol. The van der Waals surface area contributed by atoms with Crippen LogP contribution in [0.1, 0.15) is 19.3 Å². The van der Waals surface area contributed by atoms with Crippen molar-refractivity contribution in [3.8, 4) is 6.07 Å². The number of hydrogen-bond donors (Lipinski definition) is 0. The molecule has 0 aromatic rings. The van der Waals surface area contributed by atoms with Gasteiger partial charge in [-0.2, -0.15) is 10.4 Å². The van der Waals surface area contributed by atoms with Gasteiger partial charge in [-0.25, -0.2) is 0 Å². The quantitative estimate of drug-likeness (QED) is 0.638. The molecule has 1 fully saturated rings. The fourth-order valence-electron chi connectivity index (χ4n) is 4.66. The maximum Gasteiger partial charge on any atom is 0.236 e. The molecule has 4 aliphatic rings. The summed E-state index contributed by atoms with van der Waals surface area (Å²) in [6, 6.07) is 1.93. The van der Waals surface area contributed by atoms with Gasteiger partial charge in [-0.05, 0) is 19.3 Å². The van der Waals surface area contributed by atoms with Crippen LogP contribution < -0.4 is 0 Å². The highest BCUT2D eigenvalue weighted by Crippen LogP contribution is 2.37. The molecule has 4 rings (SSSR count). The van der Waals surface area contributed by atoms with Gasteiger partial charge in [0.05, 0.1) is 42.0 Å². The van der Waals surface area contributed by atoms with E-state index in [-0.39, 0.29) is 48.7 Å². The fraction of sp³-hybridized carbons (Fsp3) is 0.650. The molecule has 1 saturated heterocycles. The van der Waals surface area contributed by atoms with Gasteiger partial charge in [0.25, 0.3) is 0 Å². The smallest absolute Gasteiger partial charge is 0.236 e. The molecule has 4 aliphatic heterocycles. The summed E-state index contributed by atoms with van der Waals surface area (Å²) in [7, 11) is 3.30. The Morgan fingerprint density at radius 2 is 2.14 bits per heavy atom. The average Bonchev–Trinajstić information content (AvgIpc) is 3.30. The number of nitrogens with zero attached hydrogens (tertiary/aromatic N) is 6. The lowest BCUT2D eigenvalue weighted by atomic mass is 9.83. The van der Waals surface area contributed by atoms with Crippen molar-refractivity contribution in [1.82, 2.24) is 9.91 Å². The third kappa shape index (κ3) is 3.47. The van der Waals surface area contributed by atoms with Gasteiger partial charge in [0, 0.05) is 32.6 Å². The van der Waals surface area contributed by atoms with Crippen molar-refractivity contribution < 1.29 is 14.3 Å². The van der Waals surface area contributed by atoms with Crippen LogP contribution >= 0.6 is 0 Å². The van der Waals surface area contributed by atoms with Crippen molar-refractivity contribution in [2.24, 2.45) is 26.9 Å². The Morgan fingerprint density at radius 3 is 2.86 bits per heavy atom. The largest absolute Gasteiger partial charge is 0.377 e. The maximum atomic E-state index is 13.0. The van der Waals surface area contributed by atoms with E-state index in [1.165, 1.54) is 0 Å². The van der Waals surface area contributed by atoms with E-state index in [0.29, 0.717) is 12.2 Å². The van der Waals surface area contributed by atoms with Crippen molar-refractivity contribution in [1.29, 1.82) is 5.26 Å². The highest BCUT2D eigenvalue weighted by atomic mass is 16.5. The standard InChI is InChI=1S/C20H26N6O3/c1-12-18-15(20(27)26(12)14-10-23-25(11-14)7-6-21)4-5-16(24-18)13-8-17(28-2)19(29-3)22-9-13/h9-10,13-17,19H,1,4-5,7-8,11H2,2-3H3. The molecule has 0 spiro atoms. The molecule has 154 valence electrons. The summed E-state index contributed by atoms with van der Waals surface area (Å²) >= 11 is 0. The first-order valence-corrected chi connectivity index (χ1v) is 9.92. The molecule has 9 nitrogen and oxygen atoms in total. The Morgan fingerprint density at radius 1 is 1.31 bits per heavy atom. The van der Waals surface area contributed by atoms with Crippen LogP contribution in [0, 0.1) is 23.2 Å². The minimum absolute atomic E-state index is 0.0361. The maximum absolute atomic E-state index is 13.0. The van der Waals surface area contributed by atoms with Crippen LogP contribution in [-0.2, 0) is 14.3 Å². The Bertz CT molecular complexity index is 816. The number of allylic oxidation sites excluding steroid dienone is 1. The molecule has 4 heterocycles. The lowest BCUT2D eigenvalue weighted by Crippen LogP contribution is -2.41. The number of hydrazone groups is 1. The topological polar surface area (TPSA) is 103 Å². The number of ether oxygens (including phenoxy) is 2. The Balaban J connectivity index is 1.51. The summed E-state index contributed by atoms with van der Waals surface area (Å²) in [5.41, 5.74) is 1.44. The summed E-state index contributed by atoms with van der Waals surface area (Å²) in [4.78, 5) is 24.2. The van der Waals surface area contributed by atoms with Crippen LogP contribution in [0.2, 0.25) is 0 Å². The number of amides is 1. The van der Waals surface area contributed by atoms with E-state index in [4.69, 9.17) is 19.7 Å². The summed E-state index contributed by atoms with van der Waals surface area (Å²) in [5, 5.41) is 14.7. The van der Waals surface area contributed by atoms with E-state index >= 15 is 0 Å². The lowest BCUT2D eigenvalue weighted by Gasteiger charge is -2.33. The van der Waals surface area contributed by atoms with E-state index in [2.05, 4.69) is 22.7 Å². The van der Waals surface area contributed by atoms with Crippen molar-refractivity contribution in [2.75, 3.05) is 27.3 Å². The minimum atomic E-state index is -0.281. The number of carbonyl (C=O) groups is 1. The first-order valence-electron chi connectivity index (χ1n) is 9.92. The molecular weight excluding hydrogens is 372 g/mol. The van der Waals surface area contributed by atoms with E-state index in [0.717, 1.165) is 25.0 Å². The normalized spacial score (nSPS) is 36.4. The van der Waals surface area contributed by atoms with Crippen molar-refractivity contribution in [2.45, 2.75) is 43.7 Å². The minimum Gasteiger partial charge on any atom is -0.377 e. The fourth-order valence-corrected chi connectivity index (χ4v) is 4.66. The number of likely N-dealkylation sites (tertiary alicyclic amines) is 1. The van der Waals surface area contributed by atoms with Gasteiger partial charge in [0.15, 0.2) is 6.23 Å². The van der Waals surface area contributed by atoms with Gasteiger partial charge in [-0.15, -0.1) is 0 Å². The molecule has 1 amide bonds. The molecule has 0 N–H and O–H groups in total. The number of hydrogen-bond acceptors (Lipinski definition) is 8. The molecule has 29 heavy (non-hydrogen) atoms. The zero-order valence-corrected chi connectivity index (χ0v) is 16.8. The number of aliphatic imine (C=N–C) groups is 2. The van der Waals surface area contributed by atoms with Crippen molar-refractivity contribution in [3.63, 3.8) is 0 Å². The van der Waals surface area contributed by atoms with Crippen LogP contribution in [0.15, 0.2) is 27.4 Å². The van der Waals surface area contributed by atoms with Crippen LogP contribution in [0.5, 0.6) is 0 Å². The molecule has 0 aromatic heterocycles. The molecule has 0 radical (unpaired) electrons. The van der Waals surface area contributed by atoms with Gasteiger partial charge in [-0.3, -0.25) is 19.8 Å². The molecule has 0 aromatic carbocycles. The van der Waals surface area contributed by atoms with Crippen LogP contribution in [-0.4, -0.2) is 85.7 Å². The Labute approximate surface area is 170 Å². The van der Waals surface area contributed by atoms with Crippen molar-refractivity contribution >= 4 is 24.0 Å².